The van der Waals surface area contributed by atoms with Gasteiger partial charge >= 0.3 is 11.4 Å². The minimum Gasteiger partial charge on any atom is -0.497 e. The molecule has 1 unspecified atom stereocenters. The van der Waals surface area contributed by atoms with Crippen LogP contribution >= 0.6 is 0 Å². The third-order valence-corrected chi connectivity index (χ3v) is 6.45. The van der Waals surface area contributed by atoms with Gasteiger partial charge in [-0.15, -0.1) is 0 Å². The minimum atomic E-state index is -1.03. The summed E-state index contributed by atoms with van der Waals surface area (Å²) in [5.74, 6) is -1.44. The van der Waals surface area contributed by atoms with Crippen LogP contribution < -0.4 is 27.0 Å². The summed E-state index contributed by atoms with van der Waals surface area (Å²) < 4.78 is 35.6. The van der Waals surface area contributed by atoms with Gasteiger partial charge in [-0.1, -0.05) is 6.07 Å². The molecule has 0 aliphatic heterocycles. The first-order chi connectivity index (χ1) is 17.9. The van der Waals surface area contributed by atoms with Crippen LogP contribution in [0.4, 0.5) is 20.4 Å². The third-order valence-electron chi connectivity index (χ3n) is 6.45. The minimum absolute atomic E-state index is 0.0547. The van der Waals surface area contributed by atoms with Crippen LogP contribution in [0.2, 0.25) is 0 Å². The van der Waals surface area contributed by atoms with Crippen molar-refractivity contribution in [3.63, 3.8) is 0 Å². The van der Waals surface area contributed by atoms with Crippen molar-refractivity contribution >= 4 is 11.6 Å². The van der Waals surface area contributed by atoms with E-state index in [0.717, 1.165) is 16.7 Å². The number of benzene rings is 2. The summed E-state index contributed by atoms with van der Waals surface area (Å²) in [6.07, 6.45) is 3.00. The molecular weight excluding hydrogens is 484 g/mol. The van der Waals surface area contributed by atoms with E-state index in [9.17, 15) is 23.2 Å². The number of anilines is 2. The maximum Gasteiger partial charge on any atom is 0.355 e. The summed E-state index contributed by atoms with van der Waals surface area (Å²) >= 11 is 0. The molecule has 0 fully saturated rings. The van der Waals surface area contributed by atoms with Gasteiger partial charge in [0.2, 0.25) is 5.95 Å². The highest BCUT2D eigenvalue weighted by atomic mass is 19.2. The lowest BCUT2D eigenvalue weighted by atomic mass is 9.87. The Balaban J connectivity index is 1.69. The second-order valence-corrected chi connectivity index (χ2v) is 8.71. The van der Waals surface area contributed by atoms with Crippen LogP contribution in [-0.2, 0) is 13.0 Å². The first-order valence-electron chi connectivity index (χ1n) is 11.6. The van der Waals surface area contributed by atoms with Crippen molar-refractivity contribution in [2.45, 2.75) is 31.8 Å². The van der Waals surface area contributed by atoms with Gasteiger partial charge in [-0.05, 0) is 72.9 Å². The quantitative estimate of drug-likeness (QED) is 0.415. The van der Waals surface area contributed by atoms with Gasteiger partial charge in [0.05, 0.1) is 19.7 Å². The number of methoxy groups -OCH3 is 1. The van der Waals surface area contributed by atoms with Crippen LogP contribution in [0.5, 0.6) is 5.75 Å². The lowest BCUT2D eigenvalue weighted by Gasteiger charge is -2.29. The van der Waals surface area contributed by atoms with E-state index in [4.69, 9.17) is 4.74 Å². The molecule has 11 heteroatoms. The van der Waals surface area contributed by atoms with E-state index in [2.05, 4.69) is 15.3 Å². The molecule has 37 heavy (non-hydrogen) atoms. The summed E-state index contributed by atoms with van der Waals surface area (Å²) in [4.78, 5) is 45.7. The molecule has 9 nitrogen and oxygen atoms in total. The Kier molecular flexibility index (Phi) is 6.43. The summed E-state index contributed by atoms with van der Waals surface area (Å²) in [5, 5.41) is 3.01. The number of pyridine rings is 1. The van der Waals surface area contributed by atoms with Crippen LogP contribution in [0, 0.1) is 11.6 Å². The number of H-pyrrole nitrogens is 1. The number of aromatic amines is 1. The van der Waals surface area contributed by atoms with Crippen LogP contribution in [0.1, 0.15) is 35.6 Å². The van der Waals surface area contributed by atoms with Crippen molar-refractivity contribution in [2.24, 2.45) is 0 Å². The Labute approximate surface area is 209 Å². The molecular formula is C26H23F2N5O4. The van der Waals surface area contributed by atoms with Crippen molar-refractivity contribution in [3.05, 3.63) is 114 Å². The number of nitrogens with one attached hydrogen (secondary N) is 2. The summed E-state index contributed by atoms with van der Waals surface area (Å²) in [6, 6.07) is 11.4. The van der Waals surface area contributed by atoms with Gasteiger partial charge in [-0.2, -0.15) is 4.98 Å². The van der Waals surface area contributed by atoms with Gasteiger partial charge in [0, 0.05) is 17.4 Å². The normalized spacial score (nSPS) is 14.7. The van der Waals surface area contributed by atoms with E-state index in [0.29, 0.717) is 41.8 Å². The fourth-order valence-electron chi connectivity index (χ4n) is 4.61. The highest BCUT2D eigenvalue weighted by Crippen LogP contribution is 2.35. The van der Waals surface area contributed by atoms with Gasteiger partial charge in [0.1, 0.15) is 5.75 Å². The topological polar surface area (TPSA) is 111 Å². The first kappa shape index (κ1) is 24.2. The van der Waals surface area contributed by atoms with Gasteiger partial charge in [-0.3, -0.25) is 9.36 Å². The Morgan fingerprint density at radius 2 is 1.86 bits per heavy atom. The van der Waals surface area contributed by atoms with Gasteiger partial charge in [0.15, 0.2) is 11.6 Å². The Morgan fingerprint density at radius 1 is 1.11 bits per heavy atom. The van der Waals surface area contributed by atoms with Crippen LogP contribution in [0.25, 0.3) is 0 Å². The second kappa shape index (κ2) is 9.84. The molecule has 1 aliphatic carbocycles. The largest absolute Gasteiger partial charge is 0.497 e. The number of fused-ring (bicyclic) bond motifs is 1. The maximum atomic E-state index is 14.3. The summed E-state index contributed by atoms with van der Waals surface area (Å²) in [5.41, 5.74) is -0.295. The average Bonchev–Trinajstić information content (AvgIpc) is 2.89. The standard InChI is InChI=1S/C26H23F2N5O4/c1-37-18-9-7-17(8-10-18)30-24-31-25(35)32(14-16-5-3-11-29-23(16)34)26(36)33(24)22-6-2-4-15-12-20(27)21(28)13-19(15)22/h3,5,7-13,22H,2,4,6,14H2,1H3,(H,29,34)(H,30,31,35). The molecule has 2 aromatic heterocycles. The lowest BCUT2D eigenvalue weighted by Crippen LogP contribution is -2.45. The number of nitrogens with zero attached hydrogens (tertiary/aromatic N) is 3. The van der Waals surface area contributed by atoms with Crippen molar-refractivity contribution < 1.29 is 13.5 Å². The van der Waals surface area contributed by atoms with Crippen molar-refractivity contribution in [3.8, 4) is 5.75 Å². The zero-order valence-electron chi connectivity index (χ0n) is 19.8. The third kappa shape index (κ3) is 4.67. The van der Waals surface area contributed by atoms with Crippen LogP contribution in [0.15, 0.2) is 69.1 Å². The van der Waals surface area contributed by atoms with E-state index in [1.165, 1.54) is 23.9 Å². The van der Waals surface area contributed by atoms with Crippen LogP contribution in [-0.4, -0.2) is 26.2 Å². The monoisotopic (exact) mass is 507 g/mol. The molecule has 5 rings (SSSR count). The van der Waals surface area contributed by atoms with Gasteiger partial charge < -0.3 is 15.0 Å². The van der Waals surface area contributed by atoms with Crippen LogP contribution in [0.3, 0.4) is 0 Å². The fourth-order valence-corrected chi connectivity index (χ4v) is 4.61. The number of aryl methyl sites for hydroxylation is 1. The zero-order chi connectivity index (χ0) is 26.1. The molecule has 190 valence electrons. The van der Waals surface area contributed by atoms with Gasteiger partial charge in [-0.25, -0.2) is 22.9 Å². The highest BCUT2D eigenvalue weighted by Gasteiger charge is 2.28. The maximum absolute atomic E-state index is 14.3. The highest BCUT2D eigenvalue weighted by molar-refractivity contribution is 5.55. The summed E-state index contributed by atoms with van der Waals surface area (Å²) in [7, 11) is 1.53. The van der Waals surface area contributed by atoms with Crippen molar-refractivity contribution in [1.82, 2.24) is 19.1 Å². The SMILES string of the molecule is COc1ccc(Nc2nc(=O)n(Cc3ccc[nH]c3=O)c(=O)n2C2CCCc3cc(F)c(F)cc32)cc1. The number of aromatic nitrogens is 4. The number of hydrogen-bond acceptors (Lipinski definition) is 6. The molecule has 2 N–H and O–H groups in total. The molecule has 0 bridgehead atoms. The van der Waals surface area contributed by atoms with E-state index in [1.54, 1.807) is 30.3 Å². The smallest absolute Gasteiger partial charge is 0.355 e. The molecule has 4 aromatic rings. The number of rotatable bonds is 6. The average molecular weight is 507 g/mol. The predicted octanol–water partition coefficient (Wildman–Crippen LogP) is 3.10. The van der Waals surface area contributed by atoms with Crippen molar-refractivity contribution in [2.75, 3.05) is 12.4 Å². The second-order valence-electron chi connectivity index (χ2n) is 8.71. The van der Waals surface area contributed by atoms with E-state index in [1.807, 2.05) is 0 Å². The predicted molar refractivity (Wildman–Crippen MR) is 133 cm³/mol. The first-order valence-corrected chi connectivity index (χ1v) is 11.6. The Bertz CT molecular complexity index is 1640. The van der Waals surface area contributed by atoms with Gasteiger partial charge in [0.25, 0.3) is 5.56 Å². The zero-order valence-corrected chi connectivity index (χ0v) is 19.8. The molecule has 0 saturated heterocycles. The fraction of sp³-hybridized carbons (Fsp3) is 0.231. The van der Waals surface area contributed by atoms with E-state index >= 15 is 0 Å². The number of ether oxygens (including phenoxy) is 1. The van der Waals surface area contributed by atoms with Crippen molar-refractivity contribution in [1.29, 1.82) is 0 Å². The number of halogens is 2. The molecule has 0 spiro atoms. The Hall–Kier alpha value is -4.54. The Morgan fingerprint density at radius 3 is 2.59 bits per heavy atom. The molecule has 2 aromatic carbocycles. The summed E-state index contributed by atoms with van der Waals surface area (Å²) in [6.45, 7) is -0.305. The molecule has 1 aliphatic rings. The number of hydrogen-bond donors (Lipinski definition) is 2. The molecule has 1 atom stereocenters. The molecule has 0 amide bonds. The molecule has 0 radical (unpaired) electrons. The molecule has 0 saturated carbocycles. The lowest BCUT2D eigenvalue weighted by molar-refractivity contribution is 0.415. The van der Waals surface area contributed by atoms with E-state index < -0.39 is 34.6 Å². The molecule has 2 heterocycles. The van der Waals surface area contributed by atoms with E-state index in [-0.39, 0.29) is 18.1 Å².